The molecule has 94 valence electrons. The number of benzene rings is 1. The monoisotopic (exact) mass is 271 g/mol. The topological polar surface area (TPSA) is 35.2 Å². The van der Waals surface area contributed by atoms with Crippen molar-refractivity contribution in [1.82, 2.24) is 0 Å². The van der Waals surface area contributed by atoms with Crippen LogP contribution in [0.25, 0.3) is 0 Å². The van der Waals surface area contributed by atoms with E-state index in [-0.39, 0.29) is 0 Å². The predicted octanol–water partition coefficient (Wildman–Crippen LogP) is 3.11. The van der Waals surface area contributed by atoms with E-state index < -0.39 is 0 Å². The van der Waals surface area contributed by atoms with Crippen LogP contribution in [0.5, 0.6) is 0 Å². The van der Waals surface area contributed by atoms with Crippen LogP contribution < -0.4 is 5.73 Å². The maximum absolute atomic E-state index is 6.29. The minimum absolute atomic E-state index is 0.625. The summed E-state index contributed by atoms with van der Waals surface area (Å²) in [6, 6.07) is 6.09. The molecule has 0 saturated carbocycles. The van der Waals surface area contributed by atoms with Gasteiger partial charge < -0.3 is 10.5 Å². The molecule has 0 atom stereocenters. The van der Waals surface area contributed by atoms with Gasteiger partial charge in [0, 0.05) is 23.4 Å². The van der Waals surface area contributed by atoms with E-state index in [1.807, 2.05) is 23.9 Å². The summed E-state index contributed by atoms with van der Waals surface area (Å²) in [4.78, 5) is 1.21. The number of thioether (sulfide) groups is 1. The van der Waals surface area contributed by atoms with Gasteiger partial charge in [0.05, 0.1) is 5.02 Å². The zero-order valence-electron chi connectivity index (χ0n) is 9.82. The van der Waals surface area contributed by atoms with Crippen molar-refractivity contribution in [2.24, 2.45) is 5.73 Å². The summed E-state index contributed by atoms with van der Waals surface area (Å²) >= 11 is 8.18. The second-order valence-corrected chi connectivity index (χ2v) is 5.91. The lowest BCUT2D eigenvalue weighted by Crippen LogP contribution is -2.17. The molecule has 0 aromatic heterocycles. The number of rotatable bonds is 4. The van der Waals surface area contributed by atoms with Gasteiger partial charge in [0.1, 0.15) is 0 Å². The summed E-state index contributed by atoms with van der Waals surface area (Å²) in [6.07, 6.45) is 3.11. The molecule has 0 amide bonds. The van der Waals surface area contributed by atoms with Crippen molar-refractivity contribution >= 4 is 23.4 Å². The highest BCUT2D eigenvalue weighted by Gasteiger charge is 2.18. The first-order chi connectivity index (χ1) is 8.31. The smallest absolute Gasteiger partial charge is 0.0544 e. The van der Waals surface area contributed by atoms with Crippen molar-refractivity contribution in [2.75, 3.05) is 19.8 Å². The van der Waals surface area contributed by atoms with E-state index >= 15 is 0 Å². The Kier molecular flexibility index (Phi) is 5.16. The van der Waals surface area contributed by atoms with Gasteiger partial charge in [0.15, 0.2) is 0 Å². The van der Waals surface area contributed by atoms with E-state index in [4.69, 9.17) is 22.1 Å². The molecule has 1 aliphatic rings. The Labute approximate surface area is 112 Å². The van der Waals surface area contributed by atoms with E-state index in [0.717, 1.165) is 37.5 Å². The molecule has 1 saturated heterocycles. The molecule has 2 rings (SSSR count). The Morgan fingerprint density at radius 2 is 2.12 bits per heavy atom. The second kappa shape index (κ2) is 6.64. The fourth-order valence-electron chi connectivity index (χ4n) is 2.00. The molecule has 1 aromatic rings. The molecule has 2 N–H and O–H groups in total. The first kappa shape index (κ1) is 13.2. The maximum atomic E-state index is 6.29. The van der Waals surface area contributed by atoms with Gasteiger partial charge in [-0.3, -0.25) is 0 Å². The van der Waals surface area contributed by atoms with E-state index in [1.165, 1.54) is 10.5 Å². The molecule has 17 heavy (non-hydrogen) atoms. The largest absolute Gasteiger partial charge is 0.381 e. The van der Waals surface area contributed by atoms with Gasteiger partial charge in [-0.05, 0) is 37.4 Å². The first-order valence-electron chi connectivity index (χ1n) is 6.03. The van der Waals surface area contributed by atoms with Gasteiger partial charge in [0.25, 0.3) is 0 Å². The SMILES string of the molecule is NCCc1cccc(Cl)c1SC1CCOCC1. The minimum atomic E-state index is 0.625. The van der Waals surface area contributed by atoms with Crippen LogP contribution in [0.15, 0.2) is 23.1 Å². The highest BCUT2D eigenvalue weighted by atomic mass is 35.5. The summed E-state index contributed by atoms with van der Waals surface area (Å²) in [7, 11) is 0. The van der Waals surface area contributed by atoms with Crippen LogP contribution in [-0.2, 0) is 11.2 Å². The van der Waals surface area contributed by atoms with Crippen LogP contribution in [0.1, 0.15) is 18.4 Å². The molecule has 1 aliphatic heterocycles. The summed E-state index contributed by atoms with van der Waals surface area (Å²) in [5, 5.41) is 1.48. The fourth-order valence-corrected chi connectivity index (χ4v) is 3.59. The van der Waals surface area contributed by atoms with Crippen LogP contribution in [0, 0.1) is 0 Å². The van der Waals surface area contributed by atoms with Gasteiger partial charge >= 0.3 is 0 Å². The lowest BCUT2D eigenvalue weighted by Gasteiger charge is -2.23. The first-order valence-corrected chi connectivity index (χ1v) is 7.29. The minimum Gasteiger partial charge on any atom is -0.381 e. The van der Waals surface area contributed by atoms with Gasteiger partial charge in [-0.25, -0.2) is 0 Å². The van der Waals surface area contributed by atoms with Gasteiger partial charge in [-0.2, -0.15) is 0 Å². The zero-order valence-corrected chi connectivity index (χ0v) is 11.4. The third-order valence-corrected chi connectivity index (χ3v) is 4.86. The molecule has 2 nitrogen and oxygen atoms in total. The van der Waals surface area contributed by atoms with Crippen molar-refractivity contribution in [3.63, 3.8) is 0 Å². The highest BCUT2D eigenvalue weighted by Crippen LogP contribution is 2.37. The molecule has 1 fully saturated rings. The molecular formula is C13H18ClNOS. The quantitative estimate of drug-likeness (QED) is 0.914. The Balaban J connectivity index is 2.12. The van der Waals surface area contributed by atoms with E-state index in [9.17, 15) is 0 Å². The lowest BCUT2D eigenvalue weighted by molar-refractivity contribution is 0.100. The Morgan fingerprint density at radius 3 is 2.82 bits per heavy atom. The Bertz CT molecular complexity index is 366. The standard InChI is InChI=1S/C13H18ClNOS/c14-12-3-1-2-10(4-7-15)13(12)17-11-5-8-16-9-6-11/h1-3,11H,4-9,15H2. The average molecular weight is 272 g/mol. The van der Waals surface area contributed by atoms with E-state index in [1.54, 1.807) is 0 Å². The number of halogens is 1. The molecule has 4 heteroatoms. The van der Waals surface area contributed by atoms with Crippen molar-refractivity contribution in [3.05, 3.63) is 28.8 Å². The average Bonchev–Trinajstić information content (AvgIpc) is 2.35. The van der Waals surface area contributed by atoms with Crippen molar-refractivity contribution in [1.29, 1.82) is 0 Å². The third-order valence-electron chi connectivity index (χ3n) is 2.92. The number of nitrogens with two attached hydrogens (primary N) is 1. The number of hydrogen-bond acceptors (Lipinski definition) is 3. The summed E-state index contributed by atoms with van der Waals surface area (Å²) < 4.78 is 5.38. The summed E-state index contributed by atoms with van der Waals surface area (Å²) in [5.74, 6) is 0. The zero-order chi connectivity index (χ0) is 12.1. The number of ether oxygens (including phenoxy) is 1. The van der Waals surface area contributed by atoms with Gasteiger partial charge in [-0.1, -0.05) is 23.7 Å². The van der Waals surface area contributed by atoms with Crippen molar-refractivity contribution in [2.45, 2.75) is 29.4 Å². The molecule has 0 aliphatic carbocycles. The van der Waals surface area contributed by atoms with Crippen LogP contribution in [0.2, 0.25) is 5.02 Å². The van der Waals surface area contributed by atoms with E-state index in [0.29, 0.717) is 11.8 Å². The molecule has 1 heterocycles. The molecule has 0 spiro atoms. The summed E-state index contributed by atoms with van der Waals surface area (Å²) in [6.45, 7) is 2.41. The summed E-state index contributed by atoms with van der Waals surface area (Å²) in [5.41, 5.74) is 6.91. The normalized spacial score (nSPS) is 17.3. The third kappa shape index (κ3) is 3.62. The number of hydrogen-bond donors (Lipinski definition) is 1. The van der Waals surface area contributed by atoms with E-state index in [2.05, 4.69) is 6.07 Å². The lowest BCUT2D eigenvalue weighted by atomic mass is 10.1. The Morgan fingerprint density at radius 1 is 1.35 bits per heavy atom. The van der Waals surface area contributed by atoms with Crippen molar-refractivity contribution in [3.8, 4) is 0 Å². The molecule has 1 aromatic carbocycles. The Hall–Kier alpha value is -0.220. The van der Waals surface area contributed by atoms with Gasteiger partial charge in [0.2, 0.25) is 0 Å². The van der Waals surface area contributed by atoms with Crippen LogP contribution in [0.4, 0.5) is 0 Å². The molecule has 0 unspecified atom stereocenters. The van der Waals surface area contributed by atoms with Crippen LogP contribution in [-0.4, -0.2) is 25.0 Å². The fraction of sp³-hybridized carbons (Fsp3) is 0.538. The highest BCUT2D eigenvalue weighted by molar-refractivity contribution is 8.00. The molecular weight excluding hydrogens is 254 g/mol. The van der Waals surface area contributed by atoms with Gasteiger partial charge in [-0.15, -0.1) is 11.8 Å². The second-order valence-electron chi connectivity index (χ2n) is 4.20. The van der Waals surface area contributed by atoms with Crippen LogP contribution >= 0.6 is 23.4 Å². The molecule has 0 radical (unpaired) electrons. The molecule has 0 bridgehead atoms. The van der Waals surface area contributed by atoms with Crippen LogP contribution in [0.3, 0.4) is 0 Å². The maximum Gasteiger partial charge on any atom is 0.0544 e. The van der Waals surface area contributed by atoms with Crippen molar-refractivity contribution < 1.29 is 4.74 Å². The predicted molar refractivity (Wildman–Crippen MR) is 73.9 cm³/mol.